The van der Waals surface area contributed by atoms with Gasteiger partial charge in [-0.2, -0.15) is 0 Å². The lowest BCUT2D eigenvalue weighted by Crippen LogP contribution is -2.40. The summed E-state index contributed by atoms with van der Waals surface area (Å²) in [7, 11) is -5.63. The summed E-state index contributed by atoms with van der Waals surface area (Å²) in [6.07, 6.45) is 18.2. The van der Waals surface area contributed by atoms with Gasteiger partial charge in [-0.3, -0.25) is 9.80 Å². The zero-order chi connectivity index (χ0) is 26.8. The van der Waals surface area contributed by atoms with Crippen LogP contribution in [0.25, 0.3) is 0 Å². The van der Waals surface area contributed by atoms with Crippen LogP contribution in [0.3, 0.4) is 0 Å². The molecule has 38 heavy (non-hydrogen) atoms. The molecule has 2 unspecified atom stereocenters. The summed E-state index contributed by atoms with van der Waals surface area (Å²) in [5.41, 5.74) is 0.449. The standard InChI is InChI=1S/C29H52N2O5P2/c32-27-28(33)31(22-38(36,25-17-9-3-10-18-25)26-19-11-4-12-20-26)29(34)30(27)21-37(35,23-13-5-1-6-14-23)24-15-7-2-8-16-24/h23-28,32-33H,1-22H2. The number of hydrogen-bond acceptors (Lipinski definition) is 5. The van der Waals surface area contributed by atoms with Crippen LogP contribution in [0.4, 0.5) is 4.79 Å². The van der Waals surface area contributed by atoms with Crippen LogP contribution in [0.2, 0.25) is 0 Å². The molecule has 2 N–H and O–H groups in total. The fraction of sp³-hybridized carbons (Fsp3) is 0.966. The third kappa shape index (κ3) is 5.83. The van der Waals surface area contributed by atoms with E-state index in [2.05, 4.69) is 0 Å². The zero-order valence-corrected chi connectivity index (χ0v) is 25.2. The predicted molar refractivity (Wildman–Crippen MR) is 154 cm³/mol. The van der Waals surface area contributed by atoms with E-state index in [-0.39, 0.29) is 35.2 Å². The molecule has 9 heteroatoms. The van der Waals surface area contributed by atoms with Crippen molar-refractivity contribution < 1.29 is 24.1 Å². The molecule has 7 nitrogen and oxygen atoms in total. The third-order valence-electron chi connectivity index (χ3n) is 10.9. The maximum Gasteiger partial charge on any atom is 0.325 e. The summed E-state index contributed by atoms with van der Waals surface area (Å²) < 4.78 is 29.8. The Morgan fingerprint density at radius 2 is 0.737 bits per heavy atom. The molecular formula is C29H52N2O5P2. The van der Waals surface area contributed by atoms with Crippen LogP contribution in [0, 0.1) is 0 Å². The number of carbonyl (C=O) groups is 1. The van der Waals surface area contributed by atoms with Crippen LogP contribution >= 0.6 is 14.3 Å². The summed E-state index contributed by atoms with van der Waals surface area (Å²) in [6, 6.07) is -0.455. The molecule has 0 spiro atoms. The number of nitrogens with zero attached hydrogens (tertiary/aromatic N) is 2. The lowest BCUT2D eigenvalue weighted by molar-refractivity contribution is -0.0590. The SMILES string of the molecule is O=C1N(CP(=O)(C2CCCCC2)C2CCCCC2)C(O)C(O)N1CP(=O)(C1CCCCC1)C1CCCCC1. The minimum atomic E-state index is -2.81. The normalized spacial score (nSPS) is 30.3. The monoisotopic (exact) mass is 570 g/mol. The molecule has 0 aromatic rings. The number of urea groups is 1. The van der Waals surface area contributed by atoms with Crippen molar-refractivity contribution in [1.29, 1.82) is 0 Å². The van der Waals surface area contributed by atoms with Gasteiger partial charge in [-0.1, -0.05) is 77.0 Å². The average Bonchev–Trinajstić information content (AvgIpc) is 3.17. The first-order valence-electron chi connectivity index (χ1n) is 15.9. The van der Waals surface area contributed by atoms with Crippen molar-refractivity contribution in [2.45, 2.75) is 164 Å². The van der Waals surface area contributed by atoms with Crippen molar-refractivity contribution >= 4 is 20.3 Å². The highest BCUT2D eigenvalue weighted by Crippen LogP contribution is 2.65. The van der Waals surface area contributed by atoms with Crippen molar-refractivity contribution in [3.63, 3.8) is 0 Å². The van der Waals surface area contributed by atoms with Crippen LogP contribution in [-0.4, -0.2) is 73.7 Å². The molecule has 2 amide bonds. The topological polar surface area (TPSA) is 98.2 Å². The van der Waals surface area contributed by atoms with E-state index in [0.717, 1.165) is 103 Å². The Kier molecular flexibility index (Phi) is 9.71. The highest BCUT2D eigenvalue weighted by molar-refractivity contribution is 7.65. The Morgan fingerprint density at radius 3 is 0.974 bits per heavy atom. The van der Waals surface area contributed by atoms with Crippen molar-refractivity contribution in [2.75, 3.05) is 12.6 Å². The molecule has 218 valence electrons. The Balaban J connectivity index is 1.38. The summed E-state index contributed by atoms with van der Waals surface area (Å²) >= 11 is 0. The molecule has 0 aromatic carbocycles. The van der Waals surface area contributed by atoms with E-state index in [4.69, 9.17) is 0 Å². The molecule has 1 saturated heterocycles. The summed E-state index contributed by atoms with van der Waals surface area (Å²) in [4.78, 5) is 16.5. The number of carbonyl (C=O) groups excluding carboxylic acids is 1. The summed E-state index contributed by atoms with van der Waals surface area (Å²) in [5, 5.41) is 22.4. The first-order chi connectivity index (χ1) is 18.3. The average molecular weight is 571 g/mol. The van der Waals surface area contributed by atoms with Crippen LogP contribution in [-0.2, 0) is 9.13 Å². The van der Waals surface area contributed by atoms with Crippen LogP contribution in [0.1, 0.15) is 128 Å². The van der Waals surface area contributed by atoms with Gasteiger partial charge >= 0.3 is 6.03 Å². The molecule has 1 heterocycles. The number of aliphatic hydroxyl groups is 2. The van der Waals surface area contributed by atoms with E-state index in [0.29, 0.717) is 0 Å². The maximum atomic E-state index is 14.9. The van der Waals surface area contributed by atoms with Gasteiger partial charge < -0.3 is 19.3 Å². The quantitative estimate of drug-likeness (QED) is 0.298. The Hall–Kier alpha value is -0.350. The fourth-order valence-corrected chi connectivity index (χ4v) is 17.2. The maximum absolute atomic E-state index is 14.9. The van der Waals surface area contributed by atoms with Gasteiger partial charge in [-0.15, -0.1) is 0 Å². The van der Waals surface area contributed by atoms with E-state index in [9.17, 15) is 24.1 Å². The highest BCUT2D eigenvalue weighted by atomic mass is 31.2. The van der Waals surface area contributed by atoms with Gasteiger partial charge in [0.05, 0.1) is 12.6 Å². The lowest BCUT2D eigenvalue weighted by Gasteiger charge is -2.41. The van der Waals surface area contributed by atoms with Gasteiger partial charge in [0, 0.05) is 22.6 Å². The van der Waals surface area contributed by atoms with Gasteiger partial charge in [-0.25, -0.2) is 4.79 Å². The van der Waals surface area contributed by atoms with Gasteiger partial charge in [0.1, 0.15) is 14.3 Å². The molecule has 0 radical (unpaired) electrons. The van der Waals surface area contributed by atoms with Crippen LogP contribution in [0.15, 0.2) is 0 Å². The van der Waals surface area contributed by atoms with Crippen molar-refractivity contribution in [3.05, 3.63) is 0 Å². The van der Waals surface area contributed by atoms with E-state index in [1.165, 1.54) is 35.5 Å². The highest BCUT2D eigenvalue weighted by Gasteiger charge is 2.53. The Bertz CT molecular complexity index is 777. The van der Waals surface area contributed by atoms with Crippen molar-refractivity contribution in [2.24, 2.45) is 0 Å². The molecular weight excluding hydrogens is 518 g/mol. The van der Waals surface area contributed by atoms with Crippen LogP contribution in [0.5, 0.6) is 0 Å². The molecule has 5 rings (SSSR count). The third-order valence-corrected chi connectivity index (χ3v) is 19.4. The lowest BCUT2D eigenvalue weighted by atomic mass is 9.99. The predicted octanol–water partition coefficient (Wildman–Crippen LogP) is 7.33. The minimum Gasteiger partial charge on any atom is -0.369 e. The molecule has 4 aliphatic carbocycles. The van der Waals surface area contributed by atoms with E-state index < -0.39 is 32.8 Å². The first kappa shape index (κ1) is 29.2. The van der Waals surface area contributed by atoms with E-state index in [1.807, 2.05) is 0 Å². The molecule has 2 atom stereocenters. The summed E-state index contributed by atoms with van der Waals surface area (Å²) in [5.74, 6) is 0. The van der Waals surface area contributed by atoms with Crippen molar-refractivity contribution in [1.82, 2.24) is 9.80 Å². The zero-order valence-electron chi connectivity index (χ0n) is 23.4. The second-order valence-electron chi connectivity index (χ2n) is 13.2. The summed E-state index contributed by atoms with van der Waals surface area (Å²) in [6.45, 7) is 0. The molecule has 5 aliphatic rings. The Morgan fingerprint density at radius 1 is 0.500 bits per heavy atom. The van der Waals surface area contributed by atoms with Crippen molar-refractivity contribution in [3.8, 4) is 0 Å². The molecule has 1 aliphatic heterocycles. The Labute approximate surface area is 230 Å². The van der Waals surface area contributed by atoms with E-state index in [1.54, 1.807) is 0 Å². The minimum absolute atomic E-state index is 0.0626. The first-order valence-corrected chi connectivity index (χ1v) is 20.0. The van der Waals surface area contributed by atoms with E-state index >= 15 is 0 Å². The number of hydrogen-bond donors (Lipinski definition) is 2. The number of rotatable bonds is 8. The van der Waals surface area contributed by atoms with Crippen LogP contribution < -0.4 is 0 Å². The largest absolute Gasteiger partial charge is 0.369 e. The van der Waals surface area contributed by atoms with Gasteiger partial charge in [0.2, 0.25) is 0 Å². The van der Waals surface area contributed by atoms with Gasteiger partial charge in [-0.05, 0) is 51.4 Å². The molecule has 4 saturated carbocycles. The number of amides is 2. The molecule has 0 bridgehead atoms. The van der Waals surface area contributed by atoms with Gasteiger partial charge in [0.25, 0.3) is 0 Å². The molecule has 5 fully saturated rings. The second kappa shape index (κ2) is 12.7. The number of aliphatic hydroxyl groups excluding tert-OH is 2. The second-order valence-corrected chi connectivity index (χ2v) is 20.1. The van der Waals surface area contributed by atoms with Gasteiger partial charge in [0.15, 0.2) is 12.5 Å². The molecule has 0 aromatic heterocycles. The smallest absolute Gasteiger partial charge is 0.325 e. The fourth-order valence-electron chi connectivity index (χ4n) is 8.61.